The van der Waals surface area contributed by atoms with Crippen LogP contribution in [0.25, 0.3) is 0 Å². The molecule has 0 spiro atoms. The maximum atomic E-state index is 10.6. The number of aryl methyl sites for hydroxylation is 1. The van der Waals surface area contributed by atoms with E-state index < -0.39 is 10.1 Å². The van der Waals surface area contributed by atoms with Gasteiger partial charge in [-0.05, 0) is 61.2 Å². The zero-order chi connectivity index (χ0) is 20.2. The smallest absolute Gasteiger partial charge is 0.264 e. The van der Waals surface area contributed by atoms with Crippen LogP contribution in [0.4, 0.5) is 11.4 Å². The van der Waals surface area contributed by atoms with E-state index >= 15 is 0 Å². The zero-order valence-electron chi connectivity index (χ0n) is 16.3. The standard InChI is InChI=1S/C21H28N2O4S/c1-2-3-4-5-7-18-8-10-19(11-9-18)22-23-20-12-14-21(15-13-20)27-16-6-17-28(24,25)26/h8-15H,2-7,16-17H2,1H3,(H,24,25,26). The van der Waals surface area contributed by atoms with Crippen molar-refractivity contribution in [2.75, 3.05) is 12.4 Å². The first-order chi connectivity index (χ1) is 13.5. The van der Waals surface area contributed by atoms with Crippen molar-refractivity contribution in [2.45, 2.75) is 45.4 Å². The molecule has 0 aromatic heterocycles. The predicted molar refractivity (Wildman–Crippen MR) is 111 cm³/mol. The first-order valence-electron chi connectivity index (χ1n) is 9.65. The van der Waals surface area contributed by atoms with Crippen LogP contribution in [-0.4, -0.2) is 25.3 Å². The number of azo groups is 1. The van der Waals surface area contributed by atoms with Gasteiger partial charge < -0.3 is 4.74 Å². The number of nitrogens with zero attached hydrogens (tertiary/aromatic N) is 2. The van der Waals surface area contributed by atoms with Crippen molar-refractivity contribution in [2.24, 2.45) is 10.2 Å². The summed E-state index contributed by atoms with van der Waals surface area (Å²) in [6.07, 6.45) is 6.37. The first-order valence-corrected chi connectivity index (χ1v) is 11.3. The van der Waals surface area contributed by atoms with E-state index in [1.165, 1.54) is 31.2 Å². The molecule has 0 unspecified atom stereocenters. The lowest BCUT2D eigenvalue weighted by Gasteiger charge is -2.05. The minimum atomic E-state index is -3.94. The highest BCUT2D eigenvalue weighted by Gasteiger charge is 2.04. The molecule has 0 saturated carbocycles. The topological polar surface area (TPSA) is 88.3 Å². The average Bonchev–Trinajstić information content (AvgIpc) is 2.68. The number of ether oxygens (including phenoxy) is 1. The molecule has 0 fully saturated rings. The van der Waals surface area contributed by atoms with Crippen LogP contribution in [0.2, 0.25) is 0 Å². The molecule has 2 aromatic rings. The molecule has 1 N–H and O–H groups in total. The second-order valence-corrected chi connectivity index (χ2v) is 8.23. The maximum Gasteiger partial charge on any atom is 0.264 e. The van der Waals surface area contributed by atoms with Gasteiger partial charge in [0.25, 0.3) is 10.1 Å². The van der Waals surface area contributed by atoms with Crippen LogP contribution in [0.5, 0.6) is 5.75 Å². The van der Waals surface area contributed by atoms with E-state index in [2.05, 4.69) is 29.3 Å². The summed E-state index contributed by atoms with van der Waals surface area (Å²) in [6, 6.07) is 15.2. The van der Waals surface area contributed by atoms with Crippen molar-refractivity contribution >= 4 is 21.5 Å². The summed E-state index contributed by atoms with van der Waals surface area (Å²) in [4.78, 5) is 0. The fraction of sp³-hybridized carbons (Fsp3) is 0.429. The van der Waals surface area contributed by atoms with Crippen LogP contribution in [0.1, 0.15) is 44.6 Å². The quantitative estimate of drug-likeness (QED) is 0.272. The summed E-state index contributed by atoms with van der Waals surface area (Å²) in [6.45, 7) is 2.43. The molecule has 6 nitrogen and oxygen atoms in total. The Balaban J connectivity index is 1.78. The van der Waals surface area contributed by atoms with Gasteiger partial charge >= 0.3 is 0 Å². The van der Waals surface area contributed by atoms with E-state index in [0.717, 1.165) is 12.1 Å². The molecule has 0 bridgehead atoms. The molecule has 0 heterocycles. The minimum absolute atomic E-state index is 0.214. The molecule has 2 aromatic carbocycles. The lowest BCUT2D eigenvalue weighted by Crippen LogP contribution is -2.08. The lowest BCUT2D eigenvalue weighted by atomic mass is 10.1. The Labute approximate surface area is 167 Å². The van der Waals surface area contributed by atoms with Crippen molar-refractivity contribution in [1.29, 1.82) is 0 Å². The van der Waals surface area contributed by atoms with Crippen molar-refractivity contribution in [3.05, 3.63) is 54.1 Å². The highest BCUT2D eigenvalue weighted by atomic mass is 32.2. The SMILES string of the molecule is CCCCCCc1ccc(N=Nc2ccc(OCCCS(=O)(=O)O)cc2)cc1. The third kappa shape index (κ3) is 9.10. The Bertz CT molecular complexity index is 832. The van der Waals surface area contributed by atoms with E-state index in [1.807, 2.05) is 12.1 Å². The predicted octanol–water partition coefficient (Wildman–Crippen LogP) is 5.88. The van der Waals surface area contributed by atoms with Crippen molar-refractivity contribution in [3.63, 3.8) is 0 Å². The lowest BCUT2D eigenvalue weighted by molar-refractivity contribution is 0.316. The number of unbranched alkanes of at least 4 members (excludes halogenated alkanes) is 3. The molecule has 7 heteroatoms. The van der Waals surface area contributed by atoms with Crippen LogP contribution < -0.4 is 4.74 Å². The van der Waals surface area contributed by atoms with E-state index in [0.29, 0.717) is 11.4 Å². The van der Waals surface area contributed by atoms with Gasteiger partial charge in [0.1, 0.15) is 5.75 Å². The summed E-state index contributed by atoms with van der Waals surface area (Å²) in [5, 5.41) is 8.47. The van der Waals surface area contributed by atoms with Gasteiger partial charge in [-0.15, -0.1) is 0 Å². The Morgan fingerprint density at radius 2 is 1.46 bits per heavy atom. The van der Waals surface area contributed by atoms with Crippen LogP contribution in [-0.2, 0) is 16.5 Å². The van der Waals surface area contributed by atoms with Crippen molar-refractivity contribution in [1.82, 2.24) is 0 Å². The van der Waals surface area contributed by atoms with Gasteiger partial charge in [-0.2, -0.15) is 18.6 Å². The fourth-order valence-corrected chi connectivity index (χ4v) is 3.12. The van der Waals surface area contributed by atoms with Crippen molar-refractivity contribution < 1.29 is 17.7 Å². The number of hydrogen-bond donors (Lipinski definition) is 1. The van der Waals surface area contributed by atoms with E-state index in [9.17, 15) is 8.42 Å². The minimum Gasteiger partial charge on any atom is -0.494 e. The average molecular weight is 405 g/mol. The largest absolute Gasteiger partial charge is 0.494 e. The third-order valence-electron chi connectivity index (χ3n) is 4.19. The molecule has 152 valence electrons. The molecule has 0 radical (unpaired) electrons. The normalized spacial score (nSPS) is 11.8. The molecule has 0 aliphatic rings. The molecule has 0 amide bonds. The highest BCUT2D eigenvalue weighted by Crippen LogP contribution is 2.22. The zero-order valence-corrected chi connectivity index (χ0v) is 17.1. The van der Waals surface area contributed by atoms with Gasteiger partial charge in [0.15, 0.2) is 0 Å². The van der Waals surface area contributed by atoms with Crippen molar-refractivity contribution in [3.8, 4) is 5.75 Å². The number of hydrogen-bond acceptors (Lipinski definition) is 5. The van der Waals surface area contributed by atoms with E-state index in [1.54, 1.807) is 24.3 Å². The van der Waals surface area contributed by atoms with Crippen LogP contribution in [0, 0.1) is 0 Å². The van der Waals surface area contributed by atoms with Gasteiger partial charge in [-0.1, -0.05) is 38.3 Å². The monoisotopic (exact) mass is 404 g/mol. The van der Waals surface area contributed by atoms with Crippen LogP contribution >= 0.6 is 0 Å². The molecule has 2 rings (SSSR count). The summed E-state index contributed by atoms with van der Waals surface area (Å²) in [5.41, 5.74) is 2.84. The van der Waals surface area contributed by atoms with Crippen LogP contribution in [0.15, 0.2) is 58.8 Å². The highest BCUT2D eigenvalue weighted by molar-refractivity contribution is 7.85. The van der Waals surface area contributed by atoms with Gasteiger partial charge in [0, 0.05) is 0 Å². The second kappa shape index (κ2) is 11.6. The Kier molecular flexibility index (Phi) is 9.10. The Morgan fingerprint density at radius 3 is 2.04 bits per heavy atom. The first kappa shape index (κ1) is 22.0. The summed E-state index contributed by atoms with van der Waals surface area (Å²) in [7, 11) is -3.94. The van der Waals surface area contributed by atoms with Gasteiger partial charge in [-0.25, -0.2) is 0 Å². The van der Waals surface area contributed by atoms with Crippen LogP contribution in [0.3, 0.4) is 0 Å². The molecule has 28 heavy (non-hydrogen) atoms. The van der Waals surface area contributed by atoms with E-state index in [-0.39, 0.29) is 18.8 Å². The second-order valence-electron chi connectivity index (χ2n) is 6.66. The fourth-order valence-electron chi connectivity index (χ4n) is 2.64. The summed E-state index contributed by atoms with van der Waals surface area (Å²) >= 11 is 0. The van der Waals surface area contributed by atoms with Gasteiger partial charge in [0.05, 0.1) is 23.7 Å². The Morgan fingerprint density at radius 1 is 0.857 bits per heavy atom. The maximum absolute atomic E-state index is 10.6. The molecular weight excluding hydrogens is 376 g/mol. The molecule has 0 atom stereocenters. The number of rotatable bonds is 12. The Hall–Kier alpha value is -2.25. The third-order valence-corrected chi connectivity index (χ3v) is 4.99. The van der Waals surface area contributed by atoms with E-state index in [4.69, 9.17) is 9.29 Å². The molecule has 0 saturated heterocycles. The van der Waals surface area contributed by atoms with Gasteiger partial charge in [-0.3, -0.25) is 4.55 Å². The molecular formula is C21H28N2O4S. The summed E-state index contributed by atoms with van der Waals surface area (Å²) < 4.78 is 35.4. The number of benzene rings is 2. The summed E-state index contributed by atoms with van der Waals surface area (Å²) in [5.74, 6) is 0.304. The molecule has 0 aliphatic heterocycles. The molecule has 0 aliphatic carbocycles. The van der Waals surface area contributed by atoms with Gasteiger partial charge in [0.2, 0.25) is 0 Å².